The molecule has 2 aromatic rings. The maximum Gasteiger partial charge on any atom is 0.326 e. The number of aromatic amines is 1. The lowest BCUT2D eigenvalue weighted by atomic mass is 10.1. The van der Waals surface area contributed by atoms with Crippen LogP contribution >= 0.6 is 0 Å². The molecule has 100 valence electrons. The average molecular weight is 262 g/mol. The summed E-state index contributed by atoms with van der Waals surface area (Å²) >= 11 is 0. The molecule has 0 amide bonds. The lowest BCUT2D eigenvalue weighted by molar-refractivity contribution is -0.155. The Morgan fingerprint density at radius 2 is 2.26 bits per heavy atom. The van der Waals surface area contributed by atoms with Gasteiger partial charge in [-0.25, -0.2) is 0 Å². The predicted molar refractivity (Wildman–Crippen MR) is 71.2 cm³/mol. The van der Waals surface area contributed by atoms with E-state index >= 15 is 0 Å². The third kappa shape index (κ3) is 3.00. The second-order valence-corrected chi connectivity index (χ2v) is 4.19. The van der Waals surface area contributed by atoms with Crippen LogP contribution in [0.25, 0.3) is 10.9 Å². The molecular formula is C14H15FN2O2. The number of esters is 1. The number of carbonyl (C=O) groups excluding carboxylic acids is 1. The molecule has 0 aliphatic heterocycles. The third-order valence-corrected chi connectivity index (χ3v) is 2.83. The second kappa shape index (κ2) is 5.67. The summed E-state index contributed by atoms with van der Waals surface area (Å²) in [6, 6.07) is 6.77. The van der Waals surface area contributed by atoms with E-state index in [2.05, 4.69) is 16.3 Å². The topological polar surface area (TPSA) is 68.1 Å². The molecule has 19 heavy (non-hydrogen) atoms. The van der Waals surface area contributed by atoms with E-state index in [1.54, 1.807) is 6.20 Å². The van der Waals surface area contributed by atoms with Gasteiger partial charge in [0.1, 0.15) is 6.04 Å². The van der Waals surface area contributed by atoms with E-state index in [0.717, 1.165) is 22.5 Å². The molecule has 2 rings (SSSR count). The lowest BCUT2D eigenvalue weighted by Gasteiger charge is -2.11. The first-order valence-electron chi connectivity index (χ1n) is 5.89. The Morgan fingerprint density at radius 3 is 3.00 bits per heavy atom. The highest BCUT2D eigenvalue weighted by Crippen LogP contribution is 2.19. The van der Waals surface area contributed by atoms with Crippen molar-refractivity contribution in [2.24, 2.45) is 5.73 Å². The number of aromatic nitrogens is 1. The van der Waals surface area contributed by atoms with E-state index in [1.807, 2.05) is 24.3 Å². The van der Waals surface area contributed by atoms with Crippen molar-refractivity contribution in [2.75, 3.05) is 0 Å². The van der Waals surface area contributed by atoms with Crippen LogP contribution in [-0.4, -0.2) is 23.4 Å². The number of fused-ring (bicyclic) bond motifs is 1. The molecule has 4 nitrogen and oxygen atoms in total. The molecule has 3 N–H and O–H groups in total. The van der Waals surface area contributed by atoms with Crippen molar-refractivity contribution in [1.82, 2.24) is 4.98 Å². The van der Waals surface area contributed by atoms with Gasteiger partial charge in [-0.3, -0.25) is 4.79 Å². The van der Waals surface area contributed by atoms with Gasteiger partial charge in [-0.1, -0.05) is 24.8 Å². The molecule has 0 saturated carbocycles. The van der Waals surface area contributed by atoms with E-state index in [4.69, 9.17) is 5.73 Å². The van der Waals surface area contributed by atoms with E-state index in [1.165, 1.54) is 0 Å². The van der Waals surface area contributed by atoms with Crippen LogP contribution in [0.3, 0.4) is 0 Å². The minimum Gasteiger partial charge on any atom is -0.426 e. The van der Waals surface area contributed by atoms with E-state index in [9.17, 15) is 9.18 Å². The Morgan fingerprint density at radius 1 is 1.53 bits per heavy atom. The number of alkyl halides is 1. The first-order valence-corrected chi connectivity index (χ1v) is 5.89. The summed E-state index contributed by atoms with van der Waals surface area (Å²) in [6.45, 7) is 3.19. The number of H-pyrrole nitrogens is 1. The Kier molecular flexibility index (Phi) is 3.97. The van der Waals surface area contributed by atoms with E-state index in [-0.39, 0.29) is 6.42 Å². The largest absolute Gasteiger partial charge is 0.426 e. The number of halogens is 1. The molecule has 0 bridgehead atoms. The van der Waals surface area contributed by atoms with Crippen LogP contribution in [0, 0.1) is 0 Å². The van der Waals surface area contributed by atoms with Gasteiger partial charge >= 0.3 is 5.97 Å². The molecule has 1 unspecified atom stereocenters. The molecule has 1 aromatic carbocycles. The molecule has 1 aromatic heterocycles. The highest BCUT2D eigenvalue weighted by molar-refractivity contribution is 5.84. The van der Waals surface area contributed by atoms with E-state index < -0.39 is 18.4 Å². The highest BCUT2D eigenvalue weighted by Gasteiger charge is 2.19. The maximum absolute atomic E-state index is 12.9. The average Bonchev–Trinajstić information content (AvgIpc) is 2.82. The van der Waals surface area contributed by atoms with Gasteiger partial charge in [0.25, 0.3) is 6.36 Å². The molecule has 2 atom stereocenters. The molecule has 5 heteroatoms. The standard InChI is InChI=1S/C14H15FN2O2/c1-2-13(15)19-14(18)11(16)7-9-8-17-12-6-4-3-5-10(9)12/h2-6,8,11,13,17H,1,7,16H2/t11-,13?/m0/s1. The molecule has 1 heterocycles. The van der Waals surface area contributed by atoms with Crippen molar-refractivity contribution in [2.45, 2.75) is 18.8 Å². The highest BCUT2D eigenvalue weighted by atomic mass is 19.1. The Labute approximate surface area is 110 Å². The SMILES string of the molecule is C=CC(F)OC(=O)[C@@H](N)Cc1c[nH]c2ccccc12. The third-order valence-electron chi connectivity index (χ3n) is 2.83. The number of rotatable bonds is 5. The van der Waals surface area contributed by atoms with Gasteiger partial charge in [0.15, 0.2) is 0 Å². The molecule has 0 aliphatic carbocycles. The molecule has 0 fully saturated rings. The minimum atomic E-state index is -1.82. The van der Waals surface area contributed by atoms with Gasteiger partial charge in [-0.2, -0.15) is 4.39 Å². The van der Waals surface area contributed by atoms with Crippen molar-refractivity contribution in [3.8, 4) is 0 Å². The predicted octanol–water partition coefficient (Wildman–Crippen LogP) is 2.06. The van der Waals surface area contributed by atoms with Gasteiger partial charge in [-0.05, 0) is 17.7 Å². The summed E-state index contributed by atoms with van der Waals surface area (Å²) in [4.78, 5) is 14.6. The molecule has 0 radical (unpaired) electrons. The van der Waals surface area contributed by atoms with Crippen molar-refractivity contribution in [3.63, 3.8) is 0 Å². The number of benzene rings is 1. The van der Waals surface area contributed by atoms with Crippen LogP contribution in [0.5, 0.6) is 0 Å². The summed E-state index contributed by atoms with van der Waals surface area (Å²) < 4.78 is 17.3. The van der Waals surface area contributed by atoms with Crippen LogP contribution < -0.4 is 5.73 Å². The summed E-state index contributed by atoms with van der Waals surface area (Å²) in [5.41, 5.74) is 7.58. The van der Waals surface area contributed by atoms with Gasteiger partial charge in [0.2, 0.25) is 0 Å². The fourth-order valence-electron chi connectivity index (χ4n) is 1.87. The van der Waals surface area contributed by atoms with Crippen LogP contribution in [0.1, 0.15) is 5.56 Å². The smallest absolute Gasteiger partial charge is 0.326 e. The van der Waals surface area contributed by atoms with Crippen molar-refractivity contribution < 1.29 is 13.9 Å². The van der Waals surface area contributed by atoms with Crippen LogP contribution in [0.2, 0.25) is 0 Å². The molecule has 0 spiro atoms. The zero-order chi connectivity index (χ0) is 13.8. The lowest BCUT2D eigenvalue weighted by Crippen LogP contribution is -2.35. The first kappa shape index (κ1) is 13.3. The molecule has 0 saturated heterocycles. The second-order valence-electron chi connectivity index (χ2n) is 4.19. The zero-order valence-corrected chi connectivity index (χ0v) is 10.3. The van der Waals surface area contributed by atoms with E-state index in [0.29, 0.717) is 0 Å². The first-order chi connectivity index (χ1) is 9.11. The Balaban J connectivity index is 2.08. The van der Waals surface area contributed by atoms with Gasteiger partial charge in [0.05, 0.1) is 0 Å². The Bertz CT molecular complexity index is 594. The van der Waals surface area contributed by atoms with Crippen LogP contribution in [0.4, 0.5) is 4.39 Å². The number of nitrogens with one attached hydrogen (secondary N) is 1. The van der Waals surface area contributed by atoms with Crippen LogP contribution in [0.15, 0.2) is 43.1 Å². The fraction of sp³-hybridized carbons (Fsp3) is 0.214. The maximum atomic E-state index is 12.9. The summed E-state index contributed by atoms with van der Waals surface area (Å²) in [5, 5.41) is 0.992. The molecular weight excluding hydrogens is 247 g/mol. The number of para-hydroxylation sites is 1. The Hall–Kier alpha value is -2.14. The zero-order valence-electron chi connectivity index (χ0n) is 10.3. The fourth-order valence-corrected chi connectivity index (χ4v) is 1.87. The quantitative estimate of drug-likeness (QED) is 0.640. The van der Waals surface area contributed by atoms with Crippen LogP contribution in [-0.2, 0) is 16.0 Å². The minimum absolute atomic E-state index is 0.284. The number of hydrogen-bond donors (Lipinski definition) is 2. The molecule has 0 aliphatic rings. The number of nitrogens with two attached hydrogens (primary N) is 1. The van der Waals surface area contributed by atoms with Gasteiger partial charge in [0, 0.05) is 23.5 Å². The normalized spacial score (nSPS) is 14.0. The number of ether oxygens (including phenoxy) is 1. The van der Waals surface area contributed by atoms with Gasteiger partial charge in [-0.15, -0.1) is 0 Å². The van der Waals surface area contributed by atoms with Crippen molar-refractivity contribution in [3.05, 3.63) is 48.7 Å². The van der Waals surface area contributed by atoms with Gasteiger partial charge < -0.3 is 15.5 Å². The summed E-state index contributed by atoms with van der Waals surface area (Å²) in [7, 11) is 0. The summed E-state index contributed by atoms with van der Waals surface area (Å²) in [6.07, 6.45) is 1.16. The van der Waals surface area contributed by atoms with Crippen molar-refractivity contribution >= 4 is 16.9 Å². The van der Waals surface area contributed by atoms with Crippen molar-refractivity contribution in [1.29, 1.82) is 0 Å². The monoisotopic (exact) mass is 262 g/mol. The summed E-state index contributed by atoms with van der Waals surface area (Å²) in [5.74, 6) is -0.780. The number of hydrogen-bond acceptors (Lipinski definition) is 3. The number of carbonyl (C=O) groups is 1.